The minimum absolute atomic E-state index is 0.146. The Bertz CT molecular complexity index is 726. The van der Waals surface area contributed by atoms with Gasteiger partial charge in [-0.1, -0.05) is 72.9 Å². The molecule has 0 bridgehead atoms. The molecule has 24 heavy (non-hydrogen) atoms. The number of benzene rings is 2. The van der Waals surface area contributed by atoms with Gasteiger partial charge in [0.1, 0.15) is 0 Å². The van der Waals surface area contributed by atoms with Crippen molar-refractivity contribution < 1.29 is 4.79 Å². The average Bonchev–Trinajstić information content (AvgIpc) is 2.52. The van der Waals surface area contributed by atoms with Gasteiger partial charge in [-0.15, -0.1) is 0 Å². The second-order valence-electron chi connectivity index (χ2n) is 6.30. The Kier molecular flexibility index (Phi) is 6.56. The Labute approximate surface area is 158 Å². The maximum Gasteiger partial charge on any atom is 0.231 e. The van der Waals surface area contributed by atoms with Crippen LogP contribution in [0, 0.1) is 5.92 Å². The van der Waals surface area contributed by atoms with Crippen LogP contribution in [0.3, 0.4) is 0 Å². The van der Waals surface area contributed by atoms with E-state index < -0.39 is 0 Å². The van der Waals surface area contributed by atoms with Crippen molar-refractivity contribution in [3.8, 4) is 0 Å². The van der Waals surface area contributed by atoms with Crippen LogP contribution in [0.15, 0.2) is 36.4 Å². The van der Waals surface area contributed by atoms with Gasteiger partial charge in [0.05, 0.1) is 26.7 Å². The lowest BCUT2D eigenvalue weighted by atomic mass is 9.96. The third-order valence-corrected chi connectivity index (χ3v) is 4.82. The molecule has 0 aliphatic heterocycles. The first kappa shape index (κ1) is 19.1. The van der Waals surface area contributed by atoms with Crippen LogP contribution in [0.1, 0.15) is 37.8 Å². The number of hydrogen-bond acceptors (Lipinski definition) is 1. The van der Waals surface area contributed by atoms with Gasteiger partial charge in [-0.25, -0.2) is 0 Å². The lowest BCUT2D eigenvalue weighted by Gasteiger charge is -2.15. The molecule has 1 unspecified atom stereocenters. The predicted molar refractivity (Wildman–Crippen MR) is 104 cm³/mol. The fraction of sp³-hybridized carbons (Fsp3) is 0.316. The summed E-state index contributed by atoms with van der Waals surface area (Å²) in [6, 6.07) is 11.2. The topological polar surface area (TPSA) is 29.1 Å². The molecule has 0 saturated carbocycles. The summed E-state index contributed by atoms with van der Waals surface area (Å²) in [6.45, 7) is 6.23. The summed E-state index contributed by atoms with van der Waals surface area (Å²) >= 11 is 18.0. The van der Waals surface area contributed by atoms with Crippen molar-refractivity contribution >= 4 is 46.4 Å². The van der Waals surface area contributed by atoms with E-state index in [1.165, 1.54) is 11.6 Å². The zero-order chi connectivity index (χ0) is 17.9. The van der Waals surface area contributed by atoms with Gasteiger partial charge in [0.2, 0.25) is 5.91 Å². The summed E-state index contributed by atoms with van der Waals surface area (Å²) in [7, 11) is 0. The molecule has 1 atom stereocenters. The summed E-state index contributed by atoms with van der Waals surface area (Å²) in [5, 5.41) is 3.87. The van der Waals surface area contributed by atoms with Crippen molar-refractivity contribution in [1.82, 2.24) is 0 Å². The first-order chi connectivity index (χ1) is 11.3. The maximum absolute atomic E-state index is 12.5. The highest BCUT2D eigenvalue weighted by molar-refractivity contribution is 6.44. The van der Waals surface area contributed by atoms with E-state index in [2.05, 4.69) is 31.3 Å². The molecule has 1 amide bonds. The zero-order valence-corrected chi connectivity index (χ0v) is 16.1. The Morgan fingerprint density at radius 3 is 2.12 bits per heavy atom. The first-order valence-electron chi connectivity index (χ1n) is 7.82. The highest BCUT2D eigenvalue weighted by Gasteiger charge is 2.17. The van der Waals surface area contributed by atoms with Gasteiger partial charge in [0.25, 0.3) is 0 Å². The zero-order valence-electron chi connectivity index (χ0n) is 13.9. The van der Waals surface area contributed by atoms with Crippen molar-refractivity contribution in [3.63, 3.8) is 0 Å². The second-order valence-corrected chi connectivity index (χ2v) is 7.52. The molecule has 128 valence electrons. The summed E-state index contributed by atoms with van der Waals surface area (Å²) < 4.78 is 0. The molecule has 1 N–H and O–H groups in total. The van der Waals surface area contributed by atoms with Crippen LogP contribution in [0.25, 0.3) is 0 Å². The molecule has 5 heteroatoms. The molecule has 0 aromatic heterocycles. The molecule has 0 saturated heterocycles. The molecule has 2 nitrogen and oxygen atoms in total. The van der Waals surface area contributed by atoms with Gasteiger partial charge in [0.15, 0.2) is 0 Å². The minimum atomic E-state index is -0.302. The quantitative estimate of drug-likeness (QED) is 0.579. The van der Waals surface area contributed by atoms with Crippen molar-refractivity contribution in [3.05, 3.63) is 62.6 Å². The highest BCUT2D eigenvalue weighted by Crippen LogP contribution is 2.33. The number of nitrogens with one attached hydrogen (secondary N) is 1. The van der Waals surface area contributed by atoms with Gasteiger partial charge >= 0.3 is 0 Å². The van der Waals surface area contributed by atoms with Gasteiger partial charge in [-0.2, -0.15) is 0 Å². The summed E-state index contributed by atoms with van der Waals surface area (Å²) in [5.41, 5.74) is 2.68. The van der Waals surface area contributed by atoms with Gasteiger partial charge in [-0.05, 0) is 42.5 Å². The maximum atomic E-state index is 12.5. The molecule has 0 radical (unpaired) electrons. The van der Waals surface area contributed by atoms with Crippen LogP contribution in [0.4, 0.5) is 5.69 Å². The van der Waals surface area contributed by atoms with Crippen molar-refractivity contribution in [2.45, 2.75) is 33.1 Å². The summed E-state index contributed by atoms with van der Waals surface area (Å²) in [4.78, 5) is 12.5. The normalized spacial score (nSPS) is 12.3. The van der Waals surface area contributed by atoms with E-state index in [-0.39, 0.29) is 11.8 Å². The fourth-order valence-corrected chi connectivity index (χ4v) is 3.02. The SMILES string of the molecule is CC(C)Cc1ccc(C(C)C(=O)Nc2cc(Cl)c(Cl)cc2Cl)cc1. The third-order valence-electron chi connectivity index (χ3n) is 3.78. The molecule has 0 aliphatic carbocycles. The second kappa shape index (κ2) is 8.24. The van der Waals surface area contributed by atoms with Gasteiger partial charge in [0, 0.05) is 0 Å². The third kappa shape index (κ3) is 4.89. The molecule has 0 heterocycles. The van der Waals surface area contributed by atoms with E-state index in [4.69, 9.17) is 34.8 Å². The van der Waals surface area contributed by atoms with Crippen LogP contribution < -0.4 is 5.32 Å². The number of carbonyl (C=O) groups is 1. The number of halogens is 3. The standard InChI is InChI=1S/C19H20Cl3NO/c1-11(2)8-13-4-6-14(7-5-13)12(3)19(24)23-18-10-16(21)15(20)9-17(18)22/h4-7,9-12H,8H2,1-3H3,(H,23,24). The molecule has 0 spiro atoms. The van der Waals surface area contributed by atoms with E-state index in [1.54, 1.807) is 6.07 Å². The molecular weight excluding hydrogens is 365 g/mol. The monoisotopic (exact) mass is 383 g/mol. The average molecular weight is 385 g/mol. The number of rotatable bonds is 5. The Morgan fingerprint density at radius 2 is 1.54 bits per heavy atom. The van der Waals surface area contributed by atoms with E-state index >= 15 is 0 Å². The van der Waals surface area contributed by atoms with Crippen molar-refractivity contribution in [2.24, 2.45) is 5.92 Å². The smallest absolute Gasteiger partial charge is 0.231 e. The van der Waals surface area contributed by atoms with Crippen molar-refractivity contribution in [1.29, 1.82) is 0 Å². The van der Waals surface area contributed by atoms with Crippen LogP contribution >= 0.6 is 34.8 Å². The summed E-state index contributed by atoms with van der Waals surface area (Å²) in [5.74, 6) is 0.156. The minimum Gasteiger partial charge on any atom is -0.324 e. The van der Waals surface area contributed by atoms with Crippen LogP contribution in [-0.2, 0) is 11.2 Å². The van der Waals surface area contributed by atoms with E-state index in [0.29, 0.717) is 26.7 Å². The van der Waals surface area contributed by atoms with E-state index in [9.17, 15) is 4.79 Å². The Hall–Kier alpha value is -1.22. The number of amides is 1. The number of anilines is 1. The largest absolute Gasteiger partial charge is 0.324 e. The van der Waals surface area contributed by atoms with E-state index in [0.717, 1.165) is 12.0 Å². The van der Waals surface area contributed by atoms with Crippen LogP contribution in [-0.4, -0.2) is 5.91 Å². The van der Waals surface area contributed by atoms with E-state index in [1.807, 2.05) is 19.1 Å². The van der Waals surface area contributed by atoms with Gasteiger partial charge in [-0.3, -0.25) is 4.79 Å². The summed E-state index contributed by atoms with van der Waals surface area (Å²) in [6.07, 6.45) is 1.03. The number of hydrogen-bond donors (Lipinski definition) is 1. The van der Waals surface area contributed by atoms with Gasteiger partial charge < -0.3 is 5.32 Å². The van der Waals surface area contributed by atoms with Crippen molar-refractivity contribution in [2.75, 3.05) is 5.32 Å². The Balaban J connectivity index is 2.11. The lowest BCUT2D eigenvalue weighted by molar-refractivity contribution is -0.117. The number of carbonyl (C=O) groups excluding carboxylic acids is 1. The molecule has 2 aromatic rings. The molecule has 0 fully saturated rings. The highest BCUT2D eigenvalue weighted by atomic mass is 35.5. The Morgan fingerprint density at radius 1 is 0.958 bits per heavy atom. The molecule has 2 rings (SSSR count). The lowest BCUT2D eigenvalue weighted by Crippen LogP contribution is -2.19. The fourth-order valence-electron chi connectivity index (χ4n) is 2.42. The van der Waals surface area contributed by atoms with Crippen LogP contribution in [0.2, 0.25) is 15.1 Å². The first-order valence-corrected chi connectivity index (χ1v) is 8.95. The molecular formula is C19H20Cl3NO. The van der Waals surface area contributed by atoms with Crippen LogP contribution in [0.5, 0.6) is 0 Å². The molecule has 0 aliphatic rings. The predicted octanol–water partition coefficient (Wildman–Crippen LogP) is 6.59. The molecule has 2 aromatic carbocycles.